The molecule has 4 nitrogen and oxygen atoms in total. The van der Waals surface area contributed by atoms with E-state index in [0.717, 1.165) is 30.6 Å². The minimum Gasteiger partial charge on any atom is -0.394 e. The Balaban J connectivity index is 1.56. The van der Waals surface area contributed by atoms with Crippen molar-refractivity contribution in [2.75, 3.05) is 19.7 Å². The summed E-state index contributed by atoms with van der Waals surface area (Å²) in [5.41, 5.74) is -0.0690. The molecule has 6 heteroatoms. The Kier molecular flexibility index (Phi) is 5.60. The van der Waals surface area contributed by atoms with Crippen LogP contribution in [-0.4, -0.2) is 53.1 Å². The summed E-state index contributed by atoms with van der Waals surface area (Å²) in [7, 11) is 0. The lowest BCUT2D eigenvalue weighted by molar-refractivity contribution is -0.132. The molecule has 1 unspecified atom stereocenters. The third kappa shape index (κ3) is 4.04. The number of hydrogen-bond acceptors (Lipinski definition) is 3. The molecule has 26 heavy (non-hydrogen) atoms. The molecule has 3 rings (SSSR count). The fourth-order valence-corrected chi connectivity index (χ4v) is 5.04. The van der Waals surface area contributed by atoms with Gasteiger partial charge in [0.25, 0.3) is 5.92 Å². The van der Waals surface area contributed by atoms with Gasteiger partial charge in [0.2, 0.25) is 5.91 Å². The first-order valence-electron chi connectivity index (χ1n) is 9.82. The van der Waals surface area contributed by atoms with Crippen LogP contribution >= 0.6 is 0 Å². The van der Waals surface area contributed by atoms with Crippen molar-refractivity contribution in [1.82, 2.24) is 10.2 Å². The number of aliphatic hydroxyl groups excluding tert-OH is 1. The number of amides is 1. The Morgan fingerprint density at radius 3 is 2.38 bits per heavy atom. The average molecular weight is 368 g/mol. The van der Waals surface area contributed by atoms with Crippen molar-refractivity contribution in [2.24, 2.45) is 5.41 Å². The van der Waals surface area contributed by atoms with Gasteiger partial charge in [0.15, 0.2) is 0 Å². The lowest BCUT2D eigenvalue weighted by atomic mass is 9.61. The molecule has 0 aromatic carbocycles. The van der Waals surface area contributed by atoms with Gasteiger partial charge in [0.05, 0.1) is 25.7 Å². The Bertz CT molecular complexity index is 557. The van der Waals surface area contributed by atoms with E-state index in [1.165, 1.54) is 32.1 Å². The number of carbonyl (C=O) groups excluding carboxylic acids is 1. The van der Waals surface area contributed by atoms with Crippen molar-refractivity contribution < 1.29 is 18.7 Å². The van der Waals surface area contributed by atoms with Gasteiger partial charge >= 0.3 is 0 Å². The number of nitrogens with zero attached hydrogens (tertiary/aromatic N) is 1. The van der Waals surface area contributed by atoms with E-state index in [9.17, 15) is 18.7 Å². The maximum Gasteiger partial charge on any atom is 0.268 e. The van der Waals surface area contributed by atoms with Crippen molar-refractivity contribution >= 4 is 5.91 Å². The van der Waals surface area contributed by atoms with Crippen LogP contribution in [0, 0.1) is 17.8 Å². The third-order valence-electron chi connectivity index (χ3n) is 6.88. The topological polar surface area (TPSA) is 52.6 Å². The van der Waals surface area contributed by atoms with Gasteiger partial charge in [-0.2, -0.15) is 0 Å². The Hall–Kier alpha value is -1.19. The fraction of sp³-hybridized carbons (Fsp3) is 0.850. The number of alkyl halides is 2. The molecular weight excluding hydrogens is 338 g/mol. The highest BCUT2D eigenvalue weighted by Crippen LogP contribution is 2.49. The number of terminal acetylenes is 1. The highest BCUT2D eigenvalue weighted by Gasteiger charge is 2.47. The van der Waals surface area contributed by atoms with Crippen LogP contribution in [-0.2, 0) is 4.79 Å². The van der Waals surface area contributed by atoms with Crippen LogP contribution in [0.1, 0.15) is 64.2 Å². The standard InChI is InChI=1S/C20H30F2N2O2/c1-2-16-12-20(21,22)14-24(16)17(26)13-23-19(15-25)10-8-18(9-11-19)6-4-3-5-7-18/h1,16,23,25H,3-15H2. The van der Waals surface area contributed by atoms with Gasteiger partial charge < -0.3 is 15.3 Å². The summed E-state index contributed by atoms with van der Waals surface area (Å²) in [6.07, 6.45) is 15.0. The smallest absolute Gasteiger partial charge is 0.268 e. The number of hydrogen-bond donors (Lipinski definition) is 2. The van der Waals surface area contributed by atoms with Crippen molar-refractivity contribution in [3.8, 4) is 12.3 Å². The van der Waals surface area contributed by atoms with Crippen LogP contribution < -0.4 is 5.32 Å². The van der Waals surface area contributed by atoms with Crippen LogP contribution in [0.15, 0.2) is 0 Å². The number of aliphatic hydroxyl groups is 1. The van der Waals surface area contributed by atoms with E-state index >= 15 is 0 Å². The summed E-state index contributed by atoms with van der Waals surface area (Å²) in [4.78, 5) is 13.6. The van der Waals surface area contributed by atoms with E-state index in [4.69, 9.17) is 6.42 Å². The number of carbonyl (C=O) groups is 1. The molecule has 1 atom stereocenters. The lowest BCUT2D eigenvalue weighted by Gasteiger charge is -2.48. The molecule has 2 N–H and O–H groups in total. The second-order valence-corrected chi connectivity index (χ2v) is 8.62. The van der Waals surface area contributed by atoms with Gasteiger partial charge in [-0.1, -0.05) is 25.2 Å². The van der Waals surface area contributed by atoms with Gasteiger partial charge in [-0.05, 0) is 43.9 Å². The summed E-state index contributed by atoms with van der Waals surface area (Å²) in [5, 5.41) is 13.1. The Labute approximate surface area is 154 Å². The average Bonchev–Trinajstić information content (AvgIpc) is 2.97. The van der Waals surface area contributed by atoms with Crippen LogP contribution in [0.5, 0.6) is 0 Å². The van der Waals surface area contributed by atoms with Crippen LogP contribution in [0.2, 0.25) is 0 Å². The molecule has 2 saturated carbocycles. The molecule has 1 spiro atoms. The summed E-state index contributed by atoms with van der Waals surface area (Å²) in [6.45, 7) is -0.704. The molecule has 1 heterocycles. The van der Waals surface area contributed by atoms with Crippen molar-refractivity contribution in [3.05, 3.63) is 0 Å². The minimum atomic E-state index is -2.92. The van der Waals surface area contributed by atoms with Crippen molar-refractivity contribution in [2.45, 2.75) is 81.7 Å². The Morgan fingerprint density at radius 2 is 1.81 bits per heavy atom. The third-order valence-corrected chi connectivity index (χ3v) is 6.88. The number of likely N-dealkylation sites (tertiary alicyclic amines) is 1. The zero-order chi connectivity index (χ0) is 18.8. The first-order valence-corrected chi connectivity index (χ1v) is 9.82. The van der Waals surface area contributed by atoms with Crippen molar-refractivity contribution in [3.63, 3.8) is 0 Å². The molecular formula is C20H30F2N2O2. The maximum atomic E-state index is 13.6. The second kappa shape index (κ2) is 7.44. The van der Waals surface area contributed by atoms with Gasteiger partial charge in [-0.25, -0.2) is 8.78 Å². The SMILES string of the molecule is C#CC1CC(F)(F)CN1C(=O)CNC1(CO)CCC2(CCCCC2)CC1. The van der Waals surface area contributed by atoms with Crippen LogP contribution in [0.3, 0.4) is 0 Å². The number of halogens is 2. The fourth-order valence-electron chi connectivity index (χ4n) is 5.04. The molecule has 0 aromatic heterocycles. The normalized spacial score (nSPS) is 29.5. The lowest BCUT2D eigenvalue weighted by Crippen LogP contribution is -2.56. The number of rotatable bonds is 4. The molecule has 1 amide bonds. The highest BCUT2D eigenvalue weighted by atomic mass is 19.3. The van der Waals surface area contributed by atoms with Gasteiger partial charge in [-0.15, -0.1) is 6.42 Å². The molecule has 0 aromatic rings. The largest absolute Gasteiger partial charge is 0.394 e. The summed E-state index contributed by atoms with van der Waals surface area (Å²) >= 11 is 0. The van der Waals surface area contributed by atoms with E-state index < -0.39 is 36.4 Å². The summed E-state index contributed by atoms with van der Waals surface area (Å²) < 4.78 is 27.2. The quantitative estimate of drug-likeness (QED) is 0.750. The Morgan fingerprint density at radius 1 is 1.15 bits per heavy atom. The monoisotopic (exact) mass is 368 g/mol. The van der Waals surface area contributed by atoms with Crippen LogP contribution in [0.25, 0.3) is 0 Å². The van der Waals surface area contributed by atoms with Gasteiger partial charge in [-0.3, -0.25) is 4.79 Å². The van der Waals surface area contributed by atoms with E-state index in [2.05, 4.69) is 11.2 Å². The number of nitrogens with one attached hydrogen (secondary N) is 1. The molecule has 146 valence electrons. The first-order chi connectivity index (χ1) is 12.3. The van der Waals surface area contributed by atoms with Crippen molar-refractivity contribution in [1.29, 1.82) is 0 Å². The maximum absolute atomic E-state index is 13.6. The molecule has 3 aliphatic rings. The van der Waals surface area contributed by atoms with E-state index in [1.54, 1.807) is 0 Å². The molecule has 3 fully saturated rings. The summed E-state index contributed by atoms with van der Waals surface area (Å²) in [6, 6.07) is -0.846. The highest BCUT2D eigenvalue weighted by molar-refractivity contribution is 5.79. The zero-order valence-corrected chi connectivity index (χ0v) is 15.4. The van der Waals surface area contributed by atoms with E-state index in [-0.39, 0.29) is 13.2 Å². The molecule has 1 saturated heterocycles. The van der Waals surface area contributed by atoms with E-state index in [0.29, 0.717) is 5.41 Å². The molecule has 0 bridgehead atoms. The summed E-state index contributed by atoms with van der Waals surface area (Å²) in [5.74, 6) is -1.02. The molecule has 2 aliphatic carbocycles. The first kappa shape index (κ1) is 19.6. The zero-order valence-electron chi connectivity index (χ0n) is 15.4. The predicted molar refractivity (Wildman–Crippen MR) is 95.7 cm³/mol. The van der Waals surface area contributed by atoms with Crippen LogP contribution in [0.4, 0.5) is 8.78 Å². The van der Waals surface area contributed by atoms with E-state index in [1.807, 2.05) is 0 Å². The second-order valence-electron chi connectivity index (χ2n) is 8.62. The molecule has 1 aliphatic heterocycles. The van der Waals surface area contributed by atoms with Gasteiger partial charge in [0, 0.05) is 12.0 Å². The molecule has 0 radical (unpaired) electrons. The predicted octanol–water partition coefficient (Wildman–Crippen LogP) is 2.70. The minimum absolute atomic E-state index is 0.0366. The van der Waals surface area contributed by atoms with Gasteiger partial charge in [0.1, 0.15) is 0 Å².